The maximum Gasteiger partial charge on any atom is 0.141 e. The van der Waals surface area contributed by atoms with Crippen molar-refractivity contribution in [3.63, 3.8) is 0 Å². The second kappa shape index (κ2) is 3.68. The highest BCUT2D eigenvalue weighted by Gasteiger charge is 2.06. The molecule has 1 aromatic carbocycles. The highest BCUT2D eigenvalue weighted by atomic mass is 35.5. The number of hydrogen-bond donors (Lipinski definition) is 1. The summed E-state index contributed by atoms with van der Waals surface area (Å²) in [6.45, 7) is 4.29. The summed E-state index contributed by atoms with van der Waals surface area (Å²) in [4.78, 5) is 0. The third-order valence-electron chi connectivity index (χ3n) is 1.46. The number of aryl methyl sites for hydroxylation is 1. The summed E-state index contributed by atoms with van der Waals surface area (Å²) in [6, 6.07) is 3.40. The lowest BCUT2D eigenvalue weighted by molar-refractivity contribution is 0.337. The van der Waals surface area contributed by atoms with Gasteiger partial charge in [-0.15, -0.1) is 0 Å². The monoisotopic (exact) mass is 186 g/mol. The lowest BCUT2D eigenvalue weighted by atomic mass is 10.2. The molecule has 12 heavy (non-hydrogen) atoms. The molecule has 1 aromatic rings. The highest BCUT2D eigenvalue weighted by molar-refractivity contribution is 6.33. The Labute approximate surface area is 76.7 Å². The van der Waals surface area contributed by atoms with E-state index in [4.69, 9.17) is 16.3 Å². The van der Waals surface area contributed by atoms with Gasteiger partial charge in [0.15, 0.2) is 0 Å². The molecule has 1 N–H and O–H groups in total. The first-order chi connectivity index (χ1) is 5.65. The third-order valence-corrected chi connectivity index (χ3v) is 1.84. The van der Waals surface area contributed by atoms with Crippen molar-refractivity contribution in [3.8, 4) is 11.5 Å². The SMILES string of the molecule is CCOc1cc(C)cc(O)c1Cl. The molecule has 0 unspecified atom stereocenters. The van der Waals surface area contributed by atoms with E-state index in [9.17, 15) is 5.11 Å². The molecule has 0 spiro atoms. The number of ether oxygens (including phenoxy) is 1. The largest absolute Gasteiger partial charge is 0.506 e. The van der Waals surface area contributed by atoms with Gasteiger partial charge in [0.1, 0.15) is 16.5 Å². The van der Waals surface area contributed by atoms with Gasteiger partial charge >= 0.3 is 0 Å². The van der Waals surface area contributed by atoms with Crippen LogP contribution in [-0.2, 0) is 0 Å². The van der Waals surface area contributed by atoms with Crippen molar-refractivity contribution < 1.29 is 9.84 Å². The van der Waals surface area contributed by atoms with E-state index in [1.54, 1.807) is 12.1 Å². The molecule has 0 aliphatic rings. The van der Waals surface area contributed by atoms with Crippen molar-refractivity contribution in [3.05, 3.63) is 22.7 Å². The fourth-order valence-electron chi connectivity index (χ4n) is 0.978. The van der Waals surface area contributed by atoms with Crippen LogP contribution in [0.5, 0.6) is 11.5 Å². The number of benzene rings is 1. The van der Waals surface area contributed by atoms with Crippen LogP contribution in [0.25, 0.3) is 0 Å². The summed E-state index contributed by atoms with van der Waals surface area (Å²) in [6.07, 6.45) is 0. The standard InChI is InChI=1S/C9H11ClO2/c1-3-12-8-5-6(2)4-7(11)9(8)10/h4-5,11H,3H2,1-2H3. The Hall–Kier alpha value is -0.890. The van der Waals surface area contributed by atoms with Crippen molar-refractivity contribution in [2.24, 2.45) is 0 Å². The van der Waals surface area contributed by atoms with Gasteiger partial charge in [-0.1, -0.05) is 11.6 Å². The third kappa shape index (κ3) is 1.83. The first kappa shape index (κ1) is 9.20. The van der Waals surface area contributed by atoms with Crippen molar-refractivity contribution in [1.82, 2.24) is 0 Å². The van der Waals surface area contributed by atoms with Crippen LogP contribution in [0.4, 0.5) is 0 Å². The normalized spacial score (nSPS) is 9.92. The van der Waals surface area contributed by atoms with Gasteiger partial charge in [-0.2, -0.15) is 0 Å². The van der Waals surface area contributed by atoms with E-state index in [0.717, 1.165) is 5.56 Å². The van der Waals surface area contributed by atoms with E-state index in [1.807, 2.05) is 13.8 Å². The van der Waals surface area contributed by atoms with E-state index >= 15 is 0 Å². The number of hydrogen-bond acceptors (Lipinski definition) is 2. The van der Waals surface area contributed by atoms with Gasteiger partial charge < -0.3 is 9.84 Å². The lowest BCUT2D eigenvalue weighted by Crippen LogP contribution is -1.92. The van der Waals surface area contributed by atoms with Gasteiger partial charge in [0, 0.05) is 0 Å². The minimum absolute atomic E-state index is 0.0696. The van der Waals surface area contributed by atoms with Crippen LogP contribution in [0.1, 0.15) is 12.5 Å². The molecule has 1 rings (SSSR count). The molecule has 2 nitrogen and oxygen atoms in total. The average Bonchev–Trinajstić information content (AvgIpc) is 2.00. The molecule has 0 aliphatic carbocycles. The van der Waals surface area contributed by atoms with Crippen LogP contribution in [0.15, 0.2) is 12.1 Å². The Kier molecular flexibility index (Phi) is 2.82. The maximum atomic E-state index is 9.30. The van der Waals surface area contributed by atoms with Crippen molar-refractivity contribution in [1.29, 1.82) is 0 Å². The molecule has 0 saturated heterocycles. The Morgan fingerprint density at radius 1 is 1.50 bits per heavy atom. The minimum atomic E-state index is 0.0696. The Morgan fingerprint density at radius 2 is 2.17 bits per heavy atom. The quantitative estimate of drug-likeness (QED) is 0.770. The van der Waals surface area contributed by atoms with Crippen LogP contribution in [0.2, 0.25) is 5.02 Å². The summed E-state index contributed by atoms with van der Waals surface area (Å²) >= 11 is 5.77. The molecule has 3 heteroatoms. The molecule has 0 bridgehead atoms. The fourth-order valence-corrected chi connectivity index (χ4v) is 1.14. The summed E-state index contributed by atoms with van der Waals surface area (Å²) in [7, 11) is 0. The van der Waals surface area contributed by atoms with Crippen molar-refractivity contribution in [2.75, 3.05) is 6.61 Å². The van der Waals surface area contributed by atoms with Crippen LogP contribution in [0, 0.1) is 6.92 Å². The lowest BCUT2D eigenvalue weighted by Gasteiger charge is -2.07. The molecule has 0 aromatic heterocycles. The Morgan fingerprint density at radius 3 is 2.75 bits per heavy atom. The summed E-state index contributed by atoms with van der Waals surface area (Å²) < 4.78 is 5.21. The zero-order valence-corrected chi connectivity index (χ0v) is 7.85. The molecule has 0 saturated carbocycles. The molecular weight excluding hydrogens is 176 g/mol. The molecule has 0 radical (unpaired) electrons. The number of halogens is 1. The molecule has 0 fully saturated rings. The zero-order chi connectivity index (χ0) is 9.14. The van der Waals surface area contributed by atoms with E-state index in [-0.39, 0.29) is 10.8 Å². The maximum absolute atomic E-state index is 9.30. The van der Waals surface area contributed by atoms with Crippen molar-refractivity contribution in [2.45, 2.75) is 13.8 Å². The molecule has 0 heterocycles. The van der Waals surface area contributed by atoms with Gasteiger partial charge in [-0.3, -0.25) is 0 Å². The van der Waals surface area contributed by atoms with Gasteiger partial charge in [0.25, 0.3) is 0 Å². The molecule has 0 aliphatic heterocycles. The fraction of sp³-hybridized carbons (Fsp3) is 0.333. The topological polar surface area (TPSA) is 29.5 Å². The minimum Gasteiger partial charge on any atom is -0.506 e. The van der Waals surface area contributed by atoms with Crippen LogP contribution in [0.3, 0.4) is 0 Å². The van der Waals surface area contributed by atoms with E-state index in [2.05, 4.69) is 0 Å². The number of aromatic hydroxyl groups is 1. The number of phenols is 1. The molecule has 66 valence electrons. The number of phenolic OH excluding ortho intramolecular Hbond substituents is 1. The van der Waals surface area contributed by atoms with Crippen molar-refractivity contribution >= 4 is 11.6 Å². The molecule has 0 amide bonds. The first-order valence-electron chi connectivity index (χ1n) is 3.77. The van der Waals surface area contributed by atoms with Crippen LogP contribution in [-0.4, -0.2) is 11.7 Å². The summed E-state index contributed by atoms with van der Waals surface area (Å²) in [5.41, 5.74) is 0.931. The average molecular weight is 187 g/mol. The second-order valence-corrected chi connectivity index (χ2v) is 2.91. The Balaban J connectivity index is 3.09. The van der Waals surface area contributed by atoms with E-state index < -0.39 is 0 Å². The highest BCUT2D eigenvalue weighted by Crippen LogP contribution is 2.34. The predicted molar refractivity (Wildman–Crippen MR) is 49.0 cm³/mol. The first-order valence-corrected chi connectivity index (χ1v) is 4.15. The predicted octanol–water partition coefficient (Wildman–Crippen LogP) is 2.75. The number of rotatable bonds is 2. The van der Waals surface area contributed by atoms with Gasteiger partial charge in [0.05, 0.1) is 6.61 Å². The second-order valence-electron chi connectivity index (χ2n) is 2.53. The van der Waals surface area contributed by atoms with Crippen LogP contribution < -0.4 is 4.74 Å². The van der Waals surface area contributed by atoms with Gasteiger partial charge in [0.2, 0.25) is 0 Å². The van der Waals surface area contributed by atoms with E-state index in [1.165, 1.54) is 0 Å². The van der Waals surface area contributed by atoms with Gasteiger partial charge in [-0.05, 0) is 31.5 Å². The van der Waals surface area contributed by atoms with Gasteiger partial charge in [-0.25, -0.2) is 0 Å². The van der Waals surface area contributed by atoms with Crippen LogP contribution >= 0.6 is 11.6 Å². The molecular formula is C9H11ClO2. The van der Waals surface area contributed by atoms with E-state index in [0.29, 0.717) is 12.4 Å². The smallest absolute Gasteiger partial charge is 0.141 e. The zero-order valence-electron chi connectivity index (χ0n) is 7.10. The summed E-state index contributed by atoms with van der Waals surface area (Å²) in [5, 5.41) is 9.58. The molecule has 0 atom stereocenters. The Bertz CT molecular complexity index is 284. The summed E-state index contributed by atoms with van der Waals surface area (Å²) in [5.74, 6) is 0.608.